The Morgan fingerprint density at radius 3 is 2.29 bits per heavy atom. The first kappa shape index (κ1) is 15.3. The van der Waals surface area contributed by atoms with E-state index in [0.29, 0.717) is 6.54 Å². The van der Waals surface area contributed by atoms with Gasteiger partial charge in [-0.15, -0.1) is 0 Å². The number of aryl methyl sites for hydroxylation is 3. The minimum absolute atomic E-state index is 0.240. The number of benzene rings is 1. The van der Waals surface area contributed by atoms with E-state index in [4.69, 9.17) is 5.73 Å². The highest BCUT2D eigenvalue weighted by Gasteiger charge is 2.09. The van der Waals surface area contributed by atoms with E-state index in [1.165, 1.54) is 16.2 Å². The van der Waals surface area contributed by atoms with Crippen molar-refractivity contribution in [2.75, 3.05) is 6.54 Å². The molecule has 0 radical (unpaired) electrons. The predicted molar refractivity (Wildman–Crippen MR) is 83.8 cm³/mol. The van der Waals surface area contributed by atoms with Crippen molar-refractivity contribution in [3.8, 4) is 0 Å². The molecule has 2 rings (SSSR count). The second-order valence-corrected chi connectivity index (χ2v) is 5.38. The molecule has 1 aromatic carbocycles. The Morgan fingerprint density at radius 2 is 1.71 bits per heavy atom. The molecule has 0 unspecified atom stereocenters. The summed E-state index contributed by atoms with van der Waals surface area (Å²) in [6.07, 6.45) is 1.55. The molecule has 1 aromatic heterocycles. The number of aromatic nitrogens is 2. The monoisotopic (exact) mass is 287 g/mol. The van der Waals surface area contributed by atoms with Gasteiger partial charge in [-0.3, -0.25) is 13.9 Å². The lowest BCUT2D eigenvalue weighted by atomic mass is 10.00. The summed E-state index contributed by atoms with van der Waals surface area (Å²) in [5, 5.41) is 0. The van der Waals surface area contributed by atoms with Crippen molar-refractivity contribution in [1.29, 1.82) is 0 Å². The van der Waals surface area contributed by atoms with Crippen LogP contribution in [0, 0.1) is 20.8 Å². The summed E-state index contributed by atoms with van der Waals surface area (Å²) in [6, 6.07) is 5.61. The van der Waals surface area contributed by atoms with Gasteiger partial charge in [0.1, 0.15) is 0 Å². The first-order chi connectivity index (χ1) is 9.93. The summed E-state index contributed by atoms with van der Waals surface area (Å²) in [5.74, 6) is 0. The SMILES string of the molecule is Cc1cc(C)c(Cn2ccc(=O)n(CCN)c2=O)c(C)c1. The Bertz CT molecular complexity index is 749. The molecule has 5 nitrogen and oxygen atoms in total. The quantitative estimate of drug-likeness (QED) is 0.910. The van der Waals surface area contributed by atoms with Crippen LogP contribution in [0.5, 0.6) is 0 Å². The number of nitrogens with two attached hydrogens (primary N) is 1. The molecule has 0 atom stereocenters. The lowest BCUT2D eigenvalue weighted by Gasteiger charge is -2.14. The van der Waals surface area contributed by atoms with Gasteiger partial charge in [0.05, 0.1) is 6.54 Å². The van der Waals surface area contributed by atoms with Crippen molar-refractivity contribution in [2.45, 2.75) is 33.9 Å². The zero-order valence-electron chi connectivity index (χ0n) is 12.7. The van der Waals surface area contributed by atoms with Crippen LogP contribution in [0.1, 0.15) is 22.3 Å². The lowest BCUT2D eigenvalue weighted by molar-refractivity contribution is 0.578. The van der Waals surface area contributed by atoms with Crippen LogP contribution < -0.4 is 17.0 Å². The van der Waals surface area contributed by atoms with E-state index < -0.39 is 0 Å². The molecule has 0 saturated heterocycles. The van der Waals surface area contributed by atoms with Crippen molar-refractivity contribution in [3.05, 3.63) is 67.5 Å². The summed E-state index contributed by atoms with van der Waals surface area (Å²) in [7, 11) is 0. The van der Waals surface area contributed by atoms with Crippen molar-refractivity contribution < 1.29 is 0 Å². The molecule has 0 aliphatic rings. The summed E-state index contributed by atoms with van der Waals surface area (Å²) in [6.45, 7) is 7.09. The Hall–Kier alpha value is -2.14. The average Bonchev–Trinajstić information content (AvgIpc) is 2.41. The van der Waals surface area contributed by atoms with E-state index in [2.05, 4.69) is 19.1 Å². The smallest absolute Gasteiger partial charge is 0.329 e. The molecular formula is C16H21N3O2. The summed E-state index contributed by atoms with van der Waals surface area (Å²) < 4.78 is 2.74. The van der Waals surface area contributed by atoms with E-state index in [-0.39, 0.29) is 24.3 Å². The molecule has 112 valence electrons. The van der Waals surface area contributed by atoms with E-state index in [9.17, 15) is 9.59 Å². The van der Waals surface area contributed by atoms with Gasteiger partial charge in [-0.2, -0.15) is 0 Å². The second-order valence-electron chi connectivity index (χ2n) is 5.38. The van der Waals surface area contributed by atoms with E-state index in [1.807, 2.05) is 13.8 Å². The van der Waals surface area contributed by atoms with Gasteiger partial charge in [0.25, 0.3) is 5.56 Å². The predicted octanol–water partition coefficient (Wildman–Crippen LogP) is 0.942. The van der Waals surface area contributed by atoms with Crippen LogP contribution in [0.4, 0.5) is 0 Å². The van der Waals surface area contributed by atoms with E-state index >= 15 is 0 Å². The molecule has 0 saturated carbocycles. The molecule has 5 heteroatoms. The Morgan fingerprint density at radius 1 is 1.10 bits per heavy atom. The Kier molecular flexibility index (Phi) is 4.43. The summed E-state index contributed by atoms with van der Waals surface area (Å²) in [5.41, 5.74) is 9.45. The second kappa shape index (κ2) is 6.10. The topological polar surface area (TPSA) is 70.0 Å². The number of hydrogen-bond donors (Lipinski definition) is 1. The molecule has 2 N–H and O–H groups in total. The van der Waals surface area contributed by atoms with Crippen molar-refractivity contribution in [1.82, 2.24) is 9.13 Å². The van der Waals surface area contributed by atoms with Crippen LogP contribution in [0.2, 0.25) is 0 Å². The lowest BCUT2D eigenvalue weighted by Crippen LogP contribution is -2.40. The molecule has 2 aromatic rings. The highest BCUT2D eigenvalue weighted by molar-refractivity contribution is 5.37. The highest BCUT2D eigenvalue weighted by Crippen LogP contribution is 2.16. The van der Waals surface area contributed by atoms with Crippen LogP contribution in [-0.2, 0) is 13.1 Å². The van der Waals surface area contributed by atoms with Crippen LogP contribution in [0.15, 0.2) is 34.0 Å². The maximum atomic E-state index is 12.3. The highest BCUT2D eigenvalue weighted by atomic mass is 16.2. The zero-order valence-corrected chi connectivity index (χ0v) is 12.7. The average molecular weight is 287 g/mol. The minimum atomic E-state index is -0.313. The van der Waals surface area contributed by atoms with Crippen LogP contribution in [0.25, 0.3) is 0 Å². The van der Waals surface area contributed by atoms with Gasteiger partial charge in [-0.1, -0.05) is 17.7 Å². The number of rotatable bonds is 4. The third-order valence-corrected chi connectivity index (χ3v) is 3.66. The third-order valence-electron chi connectivity index (χ3n) is 3.66. The van der Waals surface area contributed by atoms with E-state index in [1.54, 1.807) is 10.8 Å². The van der Waals surface area contributed by atoms with Crippen molar-refractivity contribution in [2.24, 2.45) is 5.73 Å². The normalized spacial score (nSPS) is 10.9. The third kappa shape index (κ3) is 3.13. The molecule has 0 amide bonds. The first-order valence-electron chi connectivity index (χ1n) is 7.01. The van der Waals surface area contributed by atoms with Crippen LogP contribution in [0.3, 0.4) is 0 Å². The van der Waals surface area contributed by atoms with Gasteiger partial charge < -0.3 is 5.73 Å². The molecule has 0 aliphatic heterocycles. The molecule has 0 bridgehead atoms. The maximum absolute atomic E-state index is 12.3. The first-order valence-corrected chi connectivity index (χ1v) is 7.01. The van der Waals surface area contributed by atoms with Crippen LogP contribution in [-0.4, -0.2) is 15.7 Å². The Balaban J connectivity index is 2.48. The van der Waals surface area contributed by atoms with Gasteiger partial charge in [0, 0.05) is 25.4 Å². The fourth-order valence-electron chi connectivity index (χ4n) is 2.64. The van der Waals surface area contributed by atoms with Gasteiger partial charge in [-0.05, 0) is 37.5 Å². The van der Waals surface area contributed by atoms with Crippen LogP contribution >= 0.6 is 0 Å². The van der Waals surface area contributed by atoms with Gasteiger partial charge in [-0.25, -0.2) is 4.79 Å². The van der Waals surface area contributed by atoms with E-state index in [0.717, 1.165) is 16.7 Å². The van der Waals surface area contributed by atoms with Gasteiger partial charge in [0.2, 0.25) is 0 Å². The summed E-state index contributed by atoms with van der Waals surface area (Å²) in [4.78, 5) is 24.1. The Labute approximate surface area is 123 Å². The molecule has 1 heterocycles. The summed E-state index contributed by atoms with van der Waals surface area (Å²) >= 11 is 0. The molecule has 0 fully saturated rings. The number of hydrogen-bond acceptors (Lipinski definition) is 3. The standard InChI is InChI=1S/C16H21N3O2/c1-11-8-12(2)14(13(3)9-11)10-18-6-4-15(20)19(7-5-17)16(18)21/h4,6,8-9H,5,7,10,17H2,1-3H3. The minimum Gasteiger partial charge on any atom is -0.329 e. The maximum Gasteiger partial charge on any atom is 0.331 e. The fraction of sp³-hybridized carbons (Fsp3) is 0.375. The van der Waals surface area contributed by atoms with Crippen molar-refractivity contribution in [3.63, 3.8) is 0 Å². The number of nitrogens with zero attached hydrogens (tertiary/aromatic N) is 2. The zero-order chi connectivity index (χ0) is 15.6. The molecule has 21 heavy (non-hydrogen) atoms. The molecular weight excluding hydrogens is 266 g/mol. The van der Waals surface area contributed by atoms with Crippen molar-refractivity contribution >= 4 is 0 Å². The van der Waals surface area contributed by atoms with Gasteiger partial charge >= 0.3 is 5.69 Å². The fourth-order valence-corrected chi connectivity index (χ4v) is 2.64. The van der Waals surface area contributed by atoms with Gasteiger partial charge in [0.15, 0.2) is 0 Å². The molecule has 0 spiro atoms. The largest absolute Gasteiger partial charge is 0.331 e. The molecule has 0 aliphatic carbocycles.